The highest BCUT2D eigenvalue weighted by Crippen LogP contribution is 2.35. The maximum Gasteiger partial charge on any atom is 0.416 e. The smallest absolute Gasteiger partial charge is 0.416 e. The van der Waals surface area contributed by atoms with Crippen LogP contribution in [0.3, 0.4) is 0 Å². The third-order valence-electron chi connectivity index (χ3n) is 4.47. The first-order valence-corrected chi connectivity index (χ1v) is 9.64. The number of alkyl halides is 3. The summed E-state index contributed by atoms with van der Waals surface area (Å²) in [4.78, 5) is 31.8. The Morgan fingerprint density at radius 3 is 2.82 bits per heavy atom. The standard InChI is InChI=1S/C18H18F3N3O3S/c1-27-14-7-6-10(18(19,20)21)8-13(14)22-15(25)9-28-16-11-4-2-3-5-12(11)23-17(26)24-16/h6-8,11H,2-5,9H2,1H3,(H,22,25). The van der Waals surface area contributed by atoms with Gasteiger partial charge in [0.2, 0.25) is 5.91 Å². The molecule has 2 aliphatic rings. The summed E-state index contributed by atoms with van der Waals surface area (Å²) in [5.74, 6) is -0.529. The SMILES string of the molecule is COc1ccc(C(F)(F)F)cc1NC(=O)CSC1=NC(=O)N=C2CCCCC21. The van der Waals surface area contributed by atoms with Crippen LogP contribution in [0.15, 0.2) is 28.2 Å². The largest absolute Gasteiger partial charge is 0.495 e. The van der Waals surface area contributed by atoms with E-state index in [4.69, 9.17) is 4.74 Å². The predicted molar refractivity (Wildman–Crippen MR) is 101 cm³/mol. The van der Waals surface area contributed by atoms with Gasteiger partial charge in [-0.2, -0.15) is 18.2 Å². The van der Waals surface area contributed by atoms with Crippen LogP contribution in [0.25, 0.3) is 0 Å². The first-order chi connectivity index (χ1) is 13.3. The Morgan fingerprint density at radius 1 is 1.32 bits per heavy atom. The number of thioether (sulfide) groups is 1. The third-order valence-corrected chi connectivity index (χ3v) is 5.55. The van der Waals surface area contributed by atoms with Crippen LogP contribution < -0.4 is 10.1 Å². The normalized spacial score (nSPS) is 19.4. The van der Waals surface area contributed by atoms with E-state index in [-0.39, 0.29) is 23.1 Å². The number of halogens is 3. The molecule has 1 heterocycles. The van der Waals surface area contributed by atoms with Gasteiger partial charge in [-0.1, -0.05) is 18.2 Å². The van der Waals surface area contributed by atoms with Gasteiger partial charge in [0, 0.05) is 11.6 Å². The van der Waals surface area contributed by atoms with E-state index in [0.717, 1.165) is 61.4 Å². The summed E-state index contributed by atoms with van der Waals surface area (Å²) < 4.78 is 43.7. The number of carbonyl (C=O) groups excluding carboxylic acids is 2. The van der Waals surface area contributed by atoms with Crippen LogP contribution in [0, 0.1) is 5.92 Å². The highest BCUT2D eigenvalue weighted by atomic mass is 32.2. The number of aliphatic imine (C=N–C) groups is 2. The first kappa shape index (κ1) is 20.4. The molecule has 0 saturated heterocycles. The van der Waals surface area contributed by atoms with Crippen molar-refractivity contribution in [3.63, 3.8) is 0 Å². The molecule has 0 aromatic heterocycles. The van der Waals surface area contributed by atoms with Crippen LogP contribution >= 0.6 is 11.8 Å². The van der Waals surface area contributed by atoms with Crippen molar-refractivity contribution in [2.75, 3.05) is 18.2 Å². The number of nitrogens with zero attached hydrogens (tertiary/aromatic N) is 2. The van der Waals surface area contributed by atoms with Crippen LogP contribution in [-0.2, 0) is 11.0 Å². The fourth-order valence-electron chi connectivity index (χ4n) is 3.16. The lowest BCUT2D eigenvalue weighted by Gasteiger charge is -2.26. The Bertz CT molecular complexity index is 852. The van der Waals surface area contributed by atoms with Gasteiger partial charge in [0.05, 0.1) is 29.2 Å². The molecular weight excluding hydrogens is 395 g/mol. The number of benzene rings is 1. The second kappa shape index (κ2) is 8.34. The number of anilines is 1. The minimum Gasteiger partial charge on any atom is -0.495 e. The van der Waals surface area contributed by atoms with Gasteiger partial charge in [-0.15, -0.1) is 0 Å². The molecule has 0 spiro atoms. The molecule has 1 saturated carbocycles. The summed E-state index contributed by atoms with van der Waals surface area (Å²) in [6, 6.07) is 2.29. The van der Waals surface area contributed by atoms with Gasteiger partial charge < -0.3 is 10.1 Å². The third kappa shape index (κ3) is 4.73. The second-order valence-corrected chi connectivity index (χ2v) is 7.38. The summed E-state index contributed by atoms with van der Waals surface area (Å²) in [6.07, 6.45) is -1.01. The molecule has 6 nitrogen and oxygen atoms in total. The predicted octanol–water partition coefficient (Wildman–Crippen LogP) is 4.55. The number of amides is 3. The van der Waals surface area contributed by atoms with E-state index in [1.807, 2.05) is 0 Å². The van der Waals surface area contributed by atoms with E-state index in [2.05, 4.69) is 15.3 Å². The lowest BCUT2D eigenvalue weighted by Crippen LogP contribution is -2.31. The first-order valence-electron chi connectivity index (χ1n) is 8.66. The van der Waals surface area contributed by atoms with E-state index in [0.29, 0.717) is 5.04 Å². The van der Waals surface area contributed by atoms with Crippen LogP contribution in [0.1, 0.15) is 31.2 Å². The van der Waals surface area contributed by atoms with Crippen molar-refractivity contribution in [1.29, 1.82) is 0 Å². The summed E-state index contributed by atoms with van der Waals surface area (Å²) in [6.45, 7) is 0. The number of methoxy groups -OCH3 is 1. The lowest BCUT2D eigenvalue weighted by atomic mass is 9.87. The molecule has 1 unspecified atom stereocenters. The number of urea groups is 1. The molecule has 3 amide bonds. The van der Waals surface area contributed by atoms with E-state index in [1.54, 1.807) is 0 Å². The zero-order chi connectivity index (χ0) is 20.3. The summed E-state index contributed by atoms with van der Waals surface area (Å²) in [5.41, 5.74) is -0.153. The molecule has 1 aromatic rings. The molecule has 1 atom stereocenters. The molecule has 1 fully saturated rings. The van der Waals surface area contributed by atoms with Crippen LogP contribution in [0.2, 0.25) is 0 Å². The topological polar surface area (TPSA) is 80.1 Å². The fourth-order valence-corrected chi connectivity index (χ4v) is 4.10. The molecule has 0 bridgehead atoms. The lowest BCUT2D eigenvalue weighted by molar-refractivity contribution is -0.137. The Morgan fingerprint density at radius 2 is 2.11 bits per heavy atom. The van der Waals surface area contributed by atoms with Crippen molar-refractivity contribution in [2.24, 2.45) is 15.9 Å². The summed E-state index contributed by atoms with van der Waals surface area (Å²) >= 11 is 1.11. The Labute approximate surface area is 163 Å². The van der Waals surface area contributed by atoms with Crippen molar-refractivity contribution in [1.82, 2.24) is 0 Å². The van der Waals surface area contributed by atoms with Crippen molar-refractivity contribution < 1.29 is 27.5 Å². The summed E-state index contributed by atoms with van der Waals surface area (Å²) in [5, 5.41) is 2.98. The monoisotopic (exact) mass is 413 g/mol. The number of ether oxygens (including phenoxy) is 1. The Kier molecular flexibility index (Phi) is 6.07. The minimum absolute atomic E-state index is 0.0488. The quantitative estimate of drug-likeness (QED) is 0.785. The number of hydrogen-bond donors (Lipinski definition) is 1. The van der Waals surface area contributed by atoms with Gasteiger partial charge in [0.25, 0.3) is 0 Å². The molecule has 1 aliphatic heterocycles. The van der Waals surface area contributed by atoms with Crippen LogP contribution in [0.5, 0.6) is 5.75 Å². The molecule has 150 valence electrons. The Hall–Kier alpha value is -2.36. The maximum atomic E-state index is 12.9. The van der Waals surface area contributed by atoms with Crippen molar-refractivity contribution in [3.05, 3.63) is 23.8 Å². The number of hydrogen-bond acceptors (Lipinski definition) is 4. The van der Waals surface area contributed by atoms with Crippen molar-refractivity contribution >= 4 is 40.1 Å². The second-order valence-electron chi connectivity index (χ2n) is 6.38. The molecule has 1 aromatic carbocycles. The van der Waals surface area contributed by atoms with E-state index in [1.165, 1.54) is 7.11 Å². The molecule has 0 radical (unpaired) electrons. The zero-order valence-corrected chi connectivity index (χ0v) is 15.8. The average Bonchev–Trinajstić information content (AvgIpc) is 2.65. The molecule has 1 N–H and O–H groups in total. The zero-order valence-electron chi connectivity index (χ0n) is 15.0. The molecule has 10 heteroatoms. The van der Waals surface area contributed by atoms with E-state index >= 15 is 0 Å². The van der Waals surface area contributed by atoms with Gasteiger partial charge in [0.15, 0.2) is 0 Å². The van der Waals surface area contributed by atoms with Gasteiger partial charge >= 0.3 is 12.2 Å². The van der Waals surface area contributed by atoms with Crippen molar-refractivity contribution in [2.45, 2.75) is 31.9 Å². The number of nitrogens with one attached hydrogen (secondary N) is 1. The van der Waals surface area contributed by atoms with Gasteiger partial charge in [-0.05, 0) is 37.5 Å². The van der Waals surface area contributed by atoms with Crippen LogP contribution in [-0.4, -0.2) is 35.6 Å². The molecular formula is C18H18F3N3O3S. The van der Waals surface area contributed by atoms with Crippen molar-refractivity contribution in [3.8, 4) is 5.75 Å². The Balaban J connectivity index is 1.67. The van der Waals surface area contributed by atoms with E-state index < -0.39 is 23.7 Å². The van der Waals surface area contributed by atoms with Crippen LogP contribution in [0.4, 0.5) is 23.7 Å². The highest BCUT2D eigenvalue weighted by molar-refractivity contribution is 8.14. The molecule has 3 rings (SSSR count). The molecule has 28 heavy (non-hydrogen) atoms. The molecule has 1 aliphatic carbocycles. The average molecular weight is 413 g/mol. The number of fused-ring (bicyclic) bond motifs is 1. The number of rotatable bonds is 4. The highest BCUT2D eigenvalue weighted by Gasteiger charge is 2.32. The van der Waals surface area contributed by atoms with E-state index in [9.17, 15) is 22.8 Å². The van der Waals surface area contributed by atoms with Gasteiger partial charge in [-0.25, -0.2) is 9.79 Å². The van der Waals surface area contributed by atoms with Gasteiger partial charge in [0.1, 0.15) is 5.75 Å². The fraction of sp³-hybridized carbons (Fsp3) is 0.444. The van der Waals surface area contributed by atoms with Gasteiger partial charge in [-0.3, -0.25) is 4.79 Å². The summed E-state index contributed by atoms with van der Waals surface area (Å²) in [7, 11) is 1.30. The minimum atomic E-state index is -4.53. The maximum absolute atomic E-state index is 12.9. The number of carbonyl (C=O) groups is 2.